The van der Waals surface area contributed by atoms with Crippen molar-refractivity contribution in [2.45, 2.75) is 31.8 Å². The molecule has 1 aromatic rings. The van der Waals surface area contributed by atoms with Gasteiger partial charge in [0.25, 0.3) is 0 Å². The first-order chi connectivity index (χ1) is 7.75. The van der Waals surface area contributed by atoms with Crippen LogP contribution in [0.15, 0.2) is 30.3 Å². The van der Waals surface area contributed by atoms with E-state index in [1.165, 1.54) is 5.56 Å². The molecule has 1 saturated heterocycles. The fourth-order valence-electron chi connectivity index (χ4n) is 2.18. The predicted octanol–water partition coefficient (Wildman–Crippen LogP) is 1.63. The smallest absolute Gasteiger partial charge is 0.217 e. The second kappa shape index (κ2) is 5.12. The second-order valence-corrected chi connectivity index (χ2v) is 4.25. The zero-order valence-corrected chi connectivity index (χ0v) is 9.52. The number of benzene rings is 1. The molecule has 85 valence electrons. The molecule has 3 heteroatoms. The van der Waals surface area contributed by atoms with Gasteiger partial charge in [0.2, 0.25) is 5.91 Å². The number of carbonyl (C=O) groups excluding carboxylic acids is 1. The van der Waals surface area contributed by atoms with Gasteiger partial charge in [0.1, 0.15) is 0 Å². The number of nitrogens with one attached hydrogen (secondary N) is 1. The monoisotopic (exact) mass is 217 g/mol. The number of hydrogen-bond donors (Lipinski definition) is 1. The van der Waals surface area contributed by atoms with Crippen LogP contribution in [0.4, 0.5) is 0 Å². The number of amides is 1. The molecule has 2 unspecified atom stereocenters. The van der Waals surface area contributed by atoms with Crippen LogP contribution in [0.1, 0.15) is 31.4 Å². The summed E-state index contributed by atoms with van der Waals surface area (Å²) in [5.74, 6) is 0.0544. The van der Waals surface area contributed by atoms with Gasteiger partial charge in [-0.15, -0.1) is 0 Å². The van der Waals surface area contributed by atoms with Gasteiger partial charge >= 0.3 is 0 Å². The zero-order valence-electron chi connectivity index (χ0n) is 9.52. The highest BCUT2D eigenvalue weighted by atomic mass is 16.1. The van der Waals surface area contributed by atoms with E-state index in [-0.39, 0.29) is 18.0 Å². The highest BCUT2D eigenvalue weighted by molar-refractivity contribution is 5.73. The van der Waals surface area contributed by atoms with Gasteiger partial charge in [-0.2, -0.15) is 0 Å². The van der Waals surface area contributed by atoms with E-state index >= 15 is 0 Å². The second-order valence-electron chi connectivity index (χ2n) is 4.25. The lowest BCUT2D eigenvalue weighted by Gasteiger charge is -2.29. The summed E-state index contributed by atoms with van der Waals surface area (Å²) in [6.45, 7) is 2.41. The molecule has 1 aliphatic rings. The first-order valence-corrected chi connectivity index (χ1v) is 5.74. The Labute approximate surface area is 96.2 Å². The van der Waals surface area contributed by atoms with Crippen LogP contribution < -0.4 is 10.6 Å². The van der Waals surface area contributed by atoms with Crippen LogP contribution in [-0.4, -0.2) is 18.5 Å². The summed E-state index contributed by atoms with van der Waals surface area (Å²) in [4.78, 5) is 11.0. The molecule has 2 atom stereocenters. The van der Waals surface area contributed by atoms with Crippen molar-refractivity contribution in [1.82, 2.24) is 10.6 Å². The van der Waals surface area contributed by atoms with Crippen molar-refractivity contribution in [2.24, 2.45) is 0 Å². The molecular formula is C13H17N2O. The quantitative estimate of drug-likeness (QED) is 0.804. The van der Waals surface area contributed by atoms with Gasteiger partial charge in [0.15, 0.2) is 0 Å². The molecule has 1 heterocycles. The van der Waals surface area contributed by atoms with Gasteiger partial charge in [-0.3, -0.25) is 4.79 Å². The highest BCUT2D eigenvalue weighted by Gasteiger charge is 2.23. The minimum Gasteiger partial charge on any atom is -0.353 e. The number of rotatable bonds is 2. The van der Waals surface area contributed by atoms with Gasteiger partial charge in [-0.1, -0.05) is 30.3 Å². The summed E-state index contributed by atoms with van der Waals surface area (Å²) in [7, 11) is 0. The lowest BCUT2D eigenvalue weighted by Crippen LogP contribution is -2.41. The van der Waals surface area contributed by atoms with Gasteiger partial charge in [0, 0.05) is 19.5 Å². The Kier molecular flexibility index (Phi) is 3.57. The number of nitrogens with zero attached hydrogens (tertiary/aromatic N) is 1. The molecule has 0 spiro atoms. The Bertz CT molecular complexity index is 350. The molecule has 1 aromatic carbocycles. The predicted molar refractivity (Wildman–Crippen MR) is 63.0 cm³/mol. The fraction of sp³-hybridized carbons (Fsp3) is 0.462. The SMILES string of the molecule is CC(=O)NC1CC[N]C(c2ccccc2)C1. The van der Waals surface area contributed by atoms with Gasteiger partial charge in [0.05, 0.1) is 6.04 Å². The van der Waals surface area contributed by atoms with Crippen molar-refractivity contribution in [3.8, 4) is 0 Å². The molecule has 16 heavy (non-hydrogen) atoms. The van der Waals surface area contributed by atoms with Crippen LogP contribution in [0.5, 0.6) is 0 Å². The number of hydrogen-bond acceptors (Lipinski definition) is 1. The van der Waals surface area contributed by atoms with E-state index in [0.717, 1.165) is 19.4 Å². The maximum atomic E-state index is 11.0. The summed E-state index contributed by atoms with van der Waals surface area (Å²) >= 11 is 0. The molecular weight excluding hydrogens is 200 g/mol. The molecule has 1 amide bonds. The molecule has 0 aliphatic carbocycles. The van der Waals surface area contributed by atoms with Crippen molar-refractivity contribution in [1.29, 1.82) is 0 Å². The van der Waals surface area contributed by atoms with E-state index < -0.39 is 0 Å². The van der Waals surface area contributed by atoms with E-state index in [1.54, 1.807) is 6.92 Å². The topological polar surface area (TPSA) is 43.2 Å². The first kappa shape index (κ1) is 11.1. The molecule has 0 saturated carbocycles. The molecule has 2 rings (SSSR count). The van der Waals surface area contributed by atoms with Crippen LogP contribution in [0.2, 0.25) is 0 Å². The fourth-order valence-corrected chi connectivity index (χ4v) is 2.18. The Morgan fingerprint density at radius 2 is 2.12 bits per heavy atom. The highest BCUT2D eigenvalue weighted by Crippen LogP contribution is 2.24. The third-order valence-corrected chi connectivity index (χ3v) is 2.93. The van der Waals surface area contributed by atoms with Crippen LogP contribution >= 0.6 is 0 Å². The Morgan fingerprint density at radius 3 is 2.81 bits per heavy atom. The standard InChI is InChI=1S/C13H17N2O/c1-10(16)15-12-7-8-14-13(9-12)11-5-3-2-4-6-11/h2-6,12-13H,7-9H2,1H3,(H,15,16). The summed E-state index contributed by atoms with van der Waals surface area (Å²) in [5.41, 5.74) is 1.25. The molecule has 1 N–H and O–H groups in total. The summed E-state index contributed by atoms with van der Waals surface area (Å²) in [6.07, 6.45) is 1.88. The molecule has 3 nitrogen and oxygen atoms in total. The van der Waals surface area contributed by atoms with Crippen LogP contribution in [0, 0.1) is 0 Å². The lowest BCUT2D eigenvalue weighted by atomic mass is 9.94. The number of carbonyl (C=O) groups is 1. The van der Waals surface area contributed by atoms with E-state index in [2.05, 4.69) is 22.8 Å². The lowest BCUT2D eigenvalue weighted by molar-refractivity contribution is -0.119. The minimum atomic E-state index is 0.0544. The normalized spacial score (nSPS) is 25.1. The van der Waals surface area contributed by atoms with E-state index in [1.807, 2.05) is 18.2 Å². The Hall–Kier alpha value is -1.35. The Morgan fingerprint density at radius 1 is 1.38 bits per heavy atom. The summed E-state index contributed by atoms with van der Waals surface area (Å²) in [5, 5.41) is 7.59. The molecule has 1 radical (unpaired) electrons. The van der Waals surface area contributed by atoms with Crippen molar-refractivity contribution >= 4 is 5.91 Å². The van der Waals surface area contributed by atoms with Crippen molar-refractivity contribution in [3.63, 3.8) is 0 Å². The largest absolute Gasteiger partial charge is 0.353 e. The zero-order chi connectivity index (χ0) is 11.4. The first-order valence-electron chi connectivity index (χ1n) is 5.74. The van der Waals surface area contributed by atoms with Gasteiger partial charge in [-0.05, 0) is 18.4 Å². The molecule has 0 bridgehead atoms. The Balaban J connectivity index is 1.99. The average molecular weight is 217 g/mol. The van der Waals surface area contributed by atoms with Crippen LogP contribution in [-0.2, 0) is 4.79 Å². The number of piperidine rings is 1. The van der Waals surface area contributed by atoms with Gasteiger partial charge in [-0.25, -0.2) is 5.32 Å². The molecule has 1 fully saturated rings. The average Bonchev–Trinajstić information content (AvgIpc) is 2.30. The van der Waals surface area contributed by atoms with Crippen molar-refractivity contribution in [3.05, 3.63) is 35.9 Å². The van der Waals surface area contributed by atoms with E-state index in [9.17, 15) is 4.79 Å². The molecule has 0 aromatic heterocycles. The van der Waals surface area contributed by atoms with Crippen LogP contribution in [0.25, 0.3) is 0 Å². The van der Waals surface area contributed by atoms with E-state index in [4.69, 9.17) is 0 Å². The molecule has 1 aliphatic heterocycles. The maximum absolute atomic E-state index is 11.0. The third-order valence-electron chi connectivity index (χ3n) is 2.93. The summed E-state index contributed by atoms with van der Waals surface area (Å²) < 4.78 is 0. The summed E-state index contributed by atoms with van der Waals surface area (Å²) in [6, 6.07) is 10.8. The van der Waals surface area contributed by atoms with E-state index in [0.29, 0.717) is 0 Å². The van der Waals surface area contributed by atoms with Crippen molar-refractivity contribution < 1.29 is 4.79 Å². The van der Waals surface area contributed by atoms with Crippen molar-refractivity contribution in [2.75, 3.05) is 6.54 Å². The van der Waals surface area contributed by atoms with Gasteiger partial charge < -0.3 is 5.32 Å². The third kappa shape index (κ3) is 2.83. The maximum Gasteiger partial charge on any atom is 0.217 e. The minimum absolute atomic E-state index is 0.0544. The van der Waals surface area contributed by atoms with Crippen LogP contribution in [0.3, 0.4) is 0 Å².